The number of phosphoric ester groups is 1. The van der Waals surface area contributed by atoms with Crippen LogP contribution in [0.15, 0.2) is 38.5 Å². The summed E-state index contributed by atoms with van der Waals surface area (Å²) in [5.41, 5.74) is 0. The van der Waals surface area contributed by atoms with Gasteiger partial charge in [-0.05, 0) is 0 Å². The van der Waals surface area contributed by atoms with Crippen LogP contribution in [0.2, 0.25) is 0 Å². The van der Waals surface area contributed by atoms with Crippen LogP contribution in [0.5, 0.6) is 0 Å². The van der Waals surface area contributed by atoms with Gasteiger partial charge in [-0.15, -0.1) is 0 Å². The average Bonchev–Trinajstić information content (AvgIpc) is 2.45. The zero-order valence-corrected chi connectivity index (χ0v) is 12.3. The summed E-state index contributed by atoms with van der Waals surface area (Å²) in [6.45, 7) is 10.8. The van der Waals surface area contributed by atoms with Gasteiger partial charge >= 0.3 is 7.82 Å². The van der Waals surface area contributed by atoms with E-state index in [4.69, 9.17) is 27.8 Å². The van der Waals surface area contributed by atoms with Gasteiger partial charge in [0.25, 0.3) is 0 Å². The van der Waals surface area contributed by atoms with E-state index in [2.05, 4.69) is 19.7 Å². The van der Waals surface area contributed by atoms with Gasteiger partial charge < -0.3 is 14.2 Å². The second-order valence-electron chi connectivity index (χ2n) is 3.06. The average molecular weight is 308 g/mol. The molecule has 0 aromatic rings. The summed E-state index contributed by atoms with van der Waals surface area (Å²) in [6.07, 6.45) is 3.77. The Labute approximate surface area is 119 Å². The SMILES string of the molecule is C=COCCOP(=O)(OCCOC=C)OCCOC=C. The molecule has 0 saturated heterocycles. The molecule has 0 bridgehead atoms. The molecule has 0 amide bonds. The van der Waals surface area contributed by atoms with Gasteiger partial charge in [-0.2, -0.15) is 0 Å². The standard InChI is InChI=1S/C12H21O7P/c1-4-14-7-10-17-20(13,18-11-8-15-5-2)19-12-9-16-6-3/h4-6H,1-3,7-12H2. The Kier molecular flexibility index (Phi) is 11.9. The van der Waals surface area contributed by atoms with Crippen molar-refractivity contribution in [2.45, 2.75) is 0 Å². The van der Waals surface area contributed by atoms with Crippen molar-refractivity contribution >= 4 is 7.82 Å². The third-order valence-corrected chi connectivity index (χ3v) is 3.20. The summed E-state index contributed by atoms with van der Waals surface area (Å²) in [5, 5.41) is 0. The van der Waals surface area contributed by atoms with Gasteiger partial charge in [0.1, 0.15) is 19.8 Å². The second-order valence-corrected chi connectivity index (χ2v) is 4.73. The molecule has 0 N–H and O–H groups in total. The molecule has 0 unspecified atom stereocenters. The summed E-state index contributed by atoms with van der Waals surface area (Å²) >= 11 is 0. The third kappa shape index (κ3) is 10.6. The van der Waals surface area contributed by atoms with E-state index in [0.717, 1.165) is 0 Å². The van der Waals surface area contributed by atoms with E-state index in [1.54, 1.807) is 0 Å². The first-order valence-electron chi connectivity index (χ1n) is 5.89. The fourth-order valence-corrected chi connectivity index (χ4v) is 2.07. The highest BCUT2D eigenvalue weighted by molar-refractivity contribution is 7.48. The van der Waals surface area contributed by atoms with Crippen LogP contribution >= 0.6 is 7.82 Å². The van der Waals surface area contributed by atoms with E-state index in [9.17, 15) is 4.57 Å². The fraction of sp³-hybridized carbons (Fsp3) is 0.500. The zero-order chi connectivity index (χ0) is 15.1. The summed E-state index contributed by atoms with van der Waals surface area (Å²) < 4.78 is 41.9. The van der Waals surface area contributed by atoms with E-state index in [1.165, 1.54) is 18.8 Å². The molecule has 8 heteroatoms. The van der Waals surface area contributed by atoms with E-state index in [0.29, 0.717) is 0 Å². The van der Waals surface area contributed by atoms with Crippen LogP contribution < -0.4 is 0 Å². The van der Waals surface area contributed by atoms with Crippen molar-refractivity contribution in [1.82, 2.24) is 0 Å². The summed E-state index contributed by atoms with van der Waals surface area (Å²) in [6, 6.07) is 0. The fourth-order valence-electron chi connectivity index (χ4n) is 0.953. The highest BCUT2D eigenvalue weighted by atomic mass is 31.2. The number of phosphoric acid groups is 1. The maximum Gasteiger partial charge on any atom is 0.475 e. The lowest BCUT2D eigenvalue weighted by atomic mass is 10.8. The second kappa shape index (κ2) is 12.7. The Bertz CT molecular complexity index is 271. The maximum absolute atomic E-state index is 12.2. The van der Waals surface area contributed by atoms with Crippen LogP contribution in [0.3, 0.4) is 0 Å². The Hall–Kier alpha value is -1.27. The lowest BCUT2D eigenvalue weighted by Gasteiger charge is -2.17. The quantitative estimate of drug-likeness (QED) is 0.261. The molecule has 0 aromatic carbocycles. The molecule has 0 atom stereocenters. The smallest absolute Gasteiger partial charge is 0.475 e. The predicted octanol–water partition coefficient (Wildman–Crippen LogP) is 2.62. The first-order valence-corrected chi connectivity index (χ1v) is 7.35. The first-order chi connectivity index (χ1) is 9.68. The molecule has 0 saturated carbocycles. The summed E-state index contributed by atoms with van der Waals surface area (Å²) in [4.78, 5) is 0. The molecule has 0 aliphatic heterocycles. The van der Waals surface area contributed by atoms with Gasteiger partial charge in [0, 0.05) is 0 Å². The van der Waals surface area contributed by atoms with Crippen LogP contribution in [0, 0.1) is 0 Å². The largest absolute Gasteiger partial charge is 0.499 e. The van der Waals surface area contributed by atoms with Crippen LogP contribution in [0.25, 0.3) is 0 Å². The molecule has 0 aliphatic rings. The van der Waals surface area contributed by atoms with Crippen molar-refractivity contribution in [3.8, 4) is 0 Å². The molecule has 0 rings (SSSR count). The molecule has 0 spiro atoms. The predicted molar refractivity (Wildman–Crippen MR) is 73.9 cm³/mol. The van der Waals surface area contributed by atoms with Crippen molar-refractivity contribution in [3.63, 3.8) is 0 Å². The van der Waals surface area contributed by atoms with Gasteiger partial charge in [0.15, 0.2) is 0 Å². The molecule has 0 fully saturated rings. The number of rotatable bonds is 15. The molecule has 116 valence electrons. The van der Waals surface area contributed by atoms with E-state index in [1.807, 2.05) is 0 Å². The Morgan fingerprint density at radius 1 is 0.650 bits per heavy atom. The molecule has 7 nitrogen and oxygen atoms in total. The zero-order valence-electron chi connectivity index (χ0n) is 11.4. The third-order valence-electron chi connectivity index (χ3n) is 1.71. The molecule has 0 radical (unpaired) electrons. The normalized spacial score (nSPS) is 10.6. The molecule has 0 aromatic heterocycles. The van der Waals surface area contributed by atoms with Crippen LogP contribution in [0.4, 0.5) is 0 Å². The van der Waals surface area contributed by atoms with Crippen molar-refractivity contribution in [2.75, 3.05) is 39.6 Å². The molecular formula is C12H21O7P. The Morgan fingerprint density at radius 3 is 1.20 bits per heavy atom. The lowest BCUT2D eigenvalue weighted by Crippen LogP contribution is -2.10. The van der Waals surface area contributed by atoms with Crippen molar-refractivity contribution in [2.24, 2.45) is 0 Å². The molecular weight excluding hydrogens is 287 g/mol. The number of hydrogen-bond donors (Lipinski definition) is 0. The number of ether oxygens (including phenoxy) is 3. The monoisotopic (exact) mass is 308 g/mol. The van der Waals surface area contributed by atoms with Crippen molar-refractivity contribution in [1.29, 1.82) is 0 Å². The van der Waals surface area contributed by atoms with E-state index < -0.39 is 7.82 Å². The van der Waals surface area contributed by atoms with Gasteiger partial charge in [-0.1, -0.05) is 19.7 Å². The van der Waals surface area contributed by atoms with Crippen LogP contribution in [-0.2, 0) is 32.3 Å². The molecule has 20 heavy (non-hydrogen) atoms. The van der Waals surface area contributed by atoms with Gasteiger partial charge in [-0.3, -0.25) is 13.6 Å². The molecule has 0 heterocycles. The van der Waals surface area contributed by atoms with Gasteiger partial charge in [0.2, 0.25) is 0 Å². The van der Waals surface area contributed by atoms with Crippen LogP contribution in [0.1, 0.15) is 0 Å². The highest BCUT2D eigenvalue weighted by Crippen LogP contribution is 2.49. The highest BCUT2D eigenvalue weighted by Gasteiger charge is 2.26. The van der Waals surface area contributed by atoms with Gasteiger partial charge in [-0.25, -0.2) is 4.57 Å². The summed E-state index contributed by atoms with van der Waals surface area (Å²) in [5.74, 6) is 0. The van der Waals surface area contributed by atoms with E-state index >= 15 is 0 Å². The van der Waals surface area contributed by atoms with Crippen LogP contribution in [-0.4, -0.2) is 39.6 Å². The Morgan fingerprint density at radius 2 is 0.950 bits per heavy atom. The minimum atomic E-state index is -3.68. The van der Waals surface area contributed by atoms with Crippen molar-refractivity contribution < 1.29 is 32.3 Å². The lowest BCUT2D eigenvalue weighted by molar-refractivity contribution is 0.0670. The first kappa shape index (κ1) is 18.7. The topological polar surface area (TPSA) is 72.5 Å². The molecule has 0 aliphatic carbocycles. The minimum absolute atomic E-state index is 0.0356. The van der Waals surface area contributed by atoms with Crippen molar-refractivity contribution in [3.05, 3.63) is 38.5 Å². The minimum Gasteiger partial charge on any atom is -0.499 e. The number of hydrogen-bond acceptors (Lipinski definition) is 7. The van der Waals surface area contributed by atoms with E-state index in [-0.39, 0.29) is 39.6 Å². The Balaban J connectivity index is 4.11. The maximum atomic E-state index is 12.2. The summed E-state index contributed by atoms with van der Waals surface area (Å²) in [7, 11) is -3.68. The van der Waals surface area contributed by atoms with Gasteiger partial charge in [0.05, 0.1) is 38.6 Å².